The van der Waals surface area contributed by atoms with Gasteiger partial charge >= 0.3 is 0 Å². The highest BCUT2D eigenvalue weighted by Gasteiger charge is 2.25. The maximum absolute atomic E-state index is 7.36. The number of para-hydroxylation sites is 2. The monoisotopic (exact) mass is 862 g/mol. The SMILES string of the molecule is CC(C)(C)c1ccc(-c2ccc(N(c3cc(Cl)cc(N(c4ccc(-c5ccccc5)cc4)c4ccccc4-c4ccccc4)c3)c3ccccc3-c3ccccc3)cc2)c(C(C)(C)C)c1. The first-order valence-corrected chi connectivity index (χ1v) is 22.9. The maximum atomic E-state index is 7.36. The zero-order valence-corrected chi connectivity index (χ0v) is 38.9. The second-order valence-corrected chi connectivity index (χ2v) is 19.3. The van der Waals surface area contributed by atoms with Crippen molar-refractivity contribution < 1.29 is 0 Å². The van der Waals surface area contributed by atoms with Crippen molar-refractivity contribution >= 4 is 45.7 Å². The number of hydrogen-bond acceptors (Lipinski definition) is 2. The van der Waals surface area contributed by atoms with Crippen LogP contribution in [0.2, 0.25) is 5.02 Å². The van der Waals surface area contributed by atoms with E-state index in [1.807, 2.05) is 0 Å². The maximum Gasteiger partial charge on any atom is 0.0540 e. The van der Waals surface area contributed by atoms with Gasteiger partial charge in [0, 0.05) is 38.9 Å². The molecular formula is C62H55ClN2. The molecule has 0 aliphatic carbocycles. The van der Waals surface area contributed by atoms with Crippen LogP contribution < -0.4 is 9.80 Å². The van der Waals surface area contributed by atoms with E-state index in [4.69, 9.17) is 11.6 Å². The molecule has 0 saturated heterocycles. The molecule has 0 heterocycles. The number of halogens is 1. The predicted octanol–water partition coefficient (Wildman–Crippen LogP) is 18.5. The Labute approximate surface area is 391 Å². The minimum Gasteiger partial charge on any atom is -0.310 e. The van der Waals surface area contributed by atoms with Crippen LogP contribution in [0.25, 0.3) is 44.5 Å². The zero-order chi connectivity index (χ0) is 45.1. The van der Waals surface area contributed by atoms with Crippen LogP contribution in [-0.4, -0.2) is 0 Å². The molecule has 0 N–H and O–H groups in total. The lowest BCUT2D eigenvalue weighted by atomic mass is 9.77. The van der Waals surface area contributed by atoms with Crippen molar-refractivity contribution in [2.24, 2.45) is 0 Å². The quantitative estimate of drug-likeness (QED) is 0.135. The summed E-state index contributed by atoms with van der Waals surface area (Å²) in [7, 11) is 0. The van der Waals surface area contributed by atoms with Gasteiger partial charge in [0.25, 0.3) is 0 Å². The number of hydrogen-bond donors (Lipinski definition) is 0. The summed E-state index contributed by atoms with van der Waals surface area (Å²) in [6.07, 6.45) is 0. The highest BCUT2D eigenvalue weighted by molar-refractivity contribution is 6.31. The fourth-order valence-corrected chi connectivity index (χ4v) is 9.06. The Bertz CT molecular complexity index is 3030. The zero-order valence-electron chi connectivity index (χ0n) is 38.1. The predicted molar refractivity (Wildman–Crippen MR) is 280 cm³/mol. The first-order chi connectivity index (χ1) is 31.4. The van der Waals surface area contributed by atoms with Gasteiger partial charge in [-0.3, -0.25) is 0 Å². The molecule has 0 radical (unpaired) electrons. The van der Waals surface area contributed by atoms with Crippen LogP contribution in [-0.2, 0) is 10.8 Å². The van der Waals surface area contributed by atoms with Crippen molar-refractivity contribution in [3.8, 4) is 44.5 Å². The van der Waals surface area contributed by atoms with Crippen LogP contribution in [0.1, 0.15) is 52.7 Å². The molecular weight excluding hydrogens is 808 g/mol. The average Bonchev–Trinajstić information content (AvgIpc) is 3.32. The summed E-state index contributed by atoms with van der Waals surface area (Å²) in [5.41, 5.74) is 18.0. The molecule has 2 nitrogen and oxygen atoms in total. The van der Waals surface area contributed by atoms with Gasteiger partial charge in [-0.05, 0) is 110 Å². The van der Waals surface area contributed by atoms with Crippen LogP contribution in [0, 0.1) is 0 Å². The third kappa shape index (κ3) is 9.27. The van der Waals surface area contributed by atoms with Gasteiger partial charge in [-0.1, -0.05) is 223 Å². The third-order valence-corrected chi connectivity index (χ3v) is 12.4. The normalized spacial score (nSPS) is 11.6. The van der Waals surface area contributed by atoms with Gasteiger partial charge in [0.05, 0.1) is 11.4 Å². The Hall–Kier alpha value is -7.13. The summed E-state index contributed by atoms with van der Waals surface area (Å²) in [5, 5.41) is 0.633. The first kappa shape index (κ1) is 43.1. The van der Waals surface area contributed by atoms with Crippen LogP contribution in [0.3, 0.4) is 0 Å². The fraction of sp³-hybridized carbons (Fsp3) is 0.129. The number of nitrogens with zero attached hydrogens (tertiary/aromatic N) is 2. The molecule has 0 aromatic heterocycles. The summed E-state index contributed by atoms with van der Waals surface area (Å²) in [4.78, 5) is 4.70. The molecule has 9 aromatic carbocycles. The topological polar surface area (TPSA) is 6.48 Å². The fourth-order valence-electron chi connectivity index (χ4n) is 8.84. The lowest BCUT2D eigenvalue weighted by Crippen LogP contribution is -2.17. The van der Waals surface area contributed by atoms with E-state index in [-0.39, 0.29) is 10.8 Å². The van der Waals surface area contributed by atoms with E-state index >= 15 is 0 Å². The molecule has 0 aliphatic heterocycles. The standard InChI is InChI=1S/C62H55ClN2/c1-61(2,3)49-34-39-55(58(40-49)62(4,5)6)48-32-37-52(38-33-48)65(60-29-19-17-27-57(60)47-24-14-9-15-25-47)54-42-50(63)41-53(43-54)64(51-35-30-45(31-36-51)44-20-10-7-11-21-44)59-28-18-16-26-56(59)46-22-12-8-13-23-46/h7-43H,1-6H3. The molecule has 0 fully saturated rings. The molecule has 0 unspecified atom stereocenters. The van der Waals surface area contributed by atoms with E-state index in [1.54, 1.807) is 0 Å². The van der Waals surface area contributed by atoms with Crippen molar-refractivity contribution in [2.45, 2.75) is 52.4 Å². The molecule has 3 heteroatoms. The molecule has 9 aromatic rings. The van der Waals surface area contributed by atoms with E-state index in [2.05, 4.69) is 276 Å². The molecule has 0 aliphatic rings. The number of anilines is 6. The van der Waals surface area contributed by atoms with Gasteiger partial charge in [0.2, 0.25) is 0 Å². The molecule has 0 bridgehead atoms. The molecule has 0 saturated carbocycles. The van der Waals surface area contributed by atoms with E-state index in [0.717, 1.165) is 61.9 Å². The third-order valence-electron chi connectivity index (χ3n) is 12.2. The molecule has 0 amide bonds. The van der Waals surface area contributed by atoms with E-state index in [9.17, 15) is 0 Å². The second-order valence-electron chi connectivity index (χ2n) is 18.8. The van der Waals surface area contributed by atoms with Gasteiger partial charge < -0.3 is 9.80 Å². The molecule has 0 atom stereocenters. The first-order valence-electron chi connectivity index (χ1n) is 22.5. The van der Waals surface area contributed by atoms with Crippen LogP contribution in [0.15, 0.2) is 224 Å². The van der Waals surface area contributed by atoms with Gasteiger partial charge in [-0.2, -0.15) is 0 Å². The van der Waals surface area contributed by atoms with Crippen molar-refractivity contribution in [3.05, 3.63) is 241 Å². The van der Waals surface area contributed by atoms with E-state index in [1.165, 1.54) is 27.8 Å². The van der Waals surface area contributed by atoms with Gasteiger partial charge in [-0.25, -0.2) is 0 Å². The molecule has 9 rings (SSSR count). The van der Waals surface area contributed by atoms with Gasteiger partial charge in [0.1, 0.15) is 0 Å². The summed E-state index contributed by atoms with van der Waals surface area (Å²) < 4.78 is 0. The Kier molecular flexibility index (Phi) is 12.1. The highest BCUT2D eigenvalue weighted by atomic mass is 35.5. The Morgan fingerprint density at radius 1 is 0.308 bits per heavy atom. The molecule has 0 spiro atoms. The van der Waals surface area contributed by atoms with Crippen LogP contribution in [0.5, 0.6) is 0 Å². The van der Waals surface area contributed by atoms with Crippen molar-refractivity contribution in [1.29, 1.82) is 0 Å². The molecule has 65 heavy (non-hydrogen) atoms. The van der Waals surface area contributed by atoms with Crippen LogP contribution in [0.4, 0.5) is 34.1 Å². The second kappa shape index (κ2) is 18.2. The largest absolute Gasteiger partial charge is 0.310 e. The minimum atomic E-state index is -0.0417. The average molecular weight is 864 g/mol. The molecule has 320 valence electrons. The summed E-state index contributed by atoms with van der Waals surface area (Å²) in [5.74, 6) is 0. The van der Waals surface area contributed by atoms with Crippen molar-refractivity contribution in [3.63, 3.8) is 0 Å². The number of rotatable bonds is 10. The van der Waals surface area contributed by atoms with E-state index < -0.39 is 0 Å². The van der Waals surface area contributed by atoms with E-state index in [0.29, 0.717) is 5.02 Å². The van der Waals surface area contributed by atoms with Crippen molar-refractivity contribution in [2.75, 3.05) is 9.80 Å². The smallest absolute Gasteiger partial charge is 0.0540 e. The summed E-state index contributed by atoms with van der Waals surface area (Å²) in [6.45, 7) is 13.8. The highest BCUT2D eigenvalue weighted by Crippen LogP contribution is 2.47. The summed E-state index contributed by atoms with van der Waals surface area (Å²) >= 11 is 7.36. The minimum absolute atomic E-state index is 0.0417. The Morgan fingerprint density at radius 3 is 1.14 bits per heavy atom. The number of benzene rings is 9. The van der Waals surface area contributed by atoms with Crippen LogP contribution >= 0.6 is 11.6 Å². The van der Waals surface area contributed by atoms with Gasteiger partial charge in [-0.15, -0.1) is 0 Å². The Morgan fingerprint density at radius 2 is 0.692 bits per heavy atom. The lowest BCUT2D eigenvalue weighted by molar-refractivity contribution is 0.570. The lowest BCUT2D eigenvalue weighted by Gasteiger charge is -2.32. The van der Waals surface area contributed by atoms with Gasteiger partial charge in [0.15, 0.2) is 0 Å². The van der Waals surface area contributed by atoms with Crippen molar-refractivity contribution in [1.82, 2.24) is 0 Å². The Balaban J connectivity index is 1.23. The summed E-state index contributed by atoms with van der Waals surface area (Å²) in [6, 6.07) is 80.5.